The molecule has 1 atom stereocenters. The Kier molecular flexibility index (Phi) is 4.63. The molecule has 4 heterocycles. The molecule has 0 aromatic carbocycles. The molecule has 0 fully saturated rings. The topological polar surface area (TPSA) is 56.3 Å². The van der Waals surface area contributed by atoms with E-state index in [0.717, 1.165) is 36.7 Å². The van der Waals surface area contributed by atoms with E-state index in [1.54, 1.807) is 6.20 Å². The number of hydrogen-bond donors (Lipinski definition) is 0. The van der Waals surface area contributed by atoms with E-state index in [2.05, 4.69) is 31.8 Å². The largest absolute Gasteiger partial charge is 0.465 e. The van der Waals surface area contributed by atoms with E-state index in [1.165, 1.54) is 5.69 Å². The fourth-order valence-corrected chi connectivity index (χ4v) is 3.30. The molecule has 25 heavy (non-hydrogen) atoms. The average molecular weight is 338 g/mol. The molecule has 3 aromatic rings. The quantitative estimate of drug-likeness (QED) is 0.692. The lowest BCUT2D eigenvalue weighted by molar-refractivity contribution is 0.0514. The van der Waals surface area contributed by atoms with Crippen LogP contribution >= 0.6 is 0 Å². The lowest BCUT2D eigenvalue weighted by atomic mass is 10.2. The molecular formula is C19H22N4O2. The maximum Gasteiger partial charge on any atom is 0.118 e. The fourth-order valence-electron chi connectivity index (χ4n) is 3.30. The van der Waals surface area contributed by atoms with Crippen LogP contribution in [0.5, 0.6) is 0 Å². The first-order valence-corrected chi connectivity index (χ1v) is 8.54. The predicted octanol–water partition coefficient (Wildman–Crippen LogP) is 2.95. The van der Waals surface area contributed by atoms with Crippen LogP contribution in [-0.4, -0.2) is 32.8 Å². The maximum atomic E-state index is 5.94. The molecule has 0 amide bonds. The van der Waals surface area contributed by atoms with Crippen molar-refractivity contribution in [2.75, 3.05) is 13.2 Å². The highest BCUT2D eigenvalue weighted by Crippen LogP contribution is 2.23. The van der Waals surface area contributed by atoms with E-state index in [9.17, 15) is 0 Å². The highest BCUT2D eigenvalue weighted by molar-refractivity contribution is 5.09. The number of hydrogen-bond acceptors (Lipinski definition) is 5. The van der Waals surface area contributed by atoms with E-state index in [1.807, 2.05) is 37.5 Å². The van der Waals surface area contributed by atoms with Gasteiger partial charge in [0.2, 0.25) is 0 Å². The van der Waals surface area contributed by atoms with Crippen molar-refractivity contribution in [1.29, 1.82) is 0 Å². The van der Waals surface area contributed by atoms with Gasteiger partial charge in [-0.15, -0.1) is 0 Å². The van der Waals surface area contributed by atoms with Crippen LogP contribution in [0.15, 0.2) is 53.3 Å². The zero-order valence-electron chi connectivity index (χ0n) is 14.3. The van der Waals surface area contributed by atoms with Crippen molar-refractivity contribution in [3.8, 4) is 0 Å². The van der Waals surface area contributed by atoms with Gasteiger partial charge >= 0.3 is 0 Å². The fraction of sp³-hybridized carbons (Fsp3) is 0.368. The second-order valence-corrected chi connectivity index (χ2v) is 6.48. The van der Waals surface area contributed by atoms with Crippen LogP contribution in [0.1, 0.15) is 28.8 Å². The Labute approximate surface area is 147 Å². The van der Waals surface area contributed by atoms with Crippen LogP contribution in [-0.2, 0) is 24.4 Å². The summed E-state index contributed by atoms with van der Waals surface area (Å²) in [5.74, 6) is 1.95. The second-order valence-electron chi connectivity index (χ2n) is 6.48. The molecule has 0 N–H and O–H groups in total. The number of aryl methyl sites for hydroxylation is 1. The summed E-state index contributed by atoms with van der Waals surface area (Å²) in [6, 6.07) is 10.3. The lowest BCUT2D eigenvalue weighted by Crippen LogP contribution is -2.39. The zero-order valence-corrected chi connectivity index (χ0v) is 14.3. The lowest BCUT2D eigenvalue weighted by Gasteiger charge is -2.33. The summed E-state index contributed by atoms with van der Waals surface area (Å²) < 4.78 is 13.8. The van der Waals surface area contributed by atoms with Gasteiger partial charge in [-0.25, -0.2) is 0 Å². The molecule has 1 aliphatic heterocycles. The Balaban J connectivity index is 1.40. The molecule has 0 saturated carbocycles. The third kappa shape index (κ3) is 3.81. The summed E-state index contributed by atoms with van der Waals surface area (Å²) in [5, 5.41) is 4.48. The molecule has 1 aliphatic rings. The Morgan fingerprint density at radius 3 is 3.00 bits per heavy atom. The van der Waals surface area contributed by atoms with Crippen molar-refractivity contribution in [2.45, 2.75) is 32.7 Å². The number of furan rings is 1. The van der Waals surface area contributed by atoms with Crippen molar-refractivity contribution < 1.29 is 9.15 Å². The van der Waals surface area contributed by atoms with Gasteiger partial charge in [-0.1, -0.05) is 6.07 Å². The molecule has 0 radical (unpaired) electrons. The monoisotopic (exact) mass is 338 g/mol. The van der Waals surface area contributed by atoms with Gasteiger partial charge in [-0.05, 0) is 36.8 Å². The molecule has 0 unspecified atom stereocenters. The molecule has 0 aliphatic carbocycles. The molecule has 6 nitrogen and oxygen atoms in total. The number of nitrogens with zero attached hydrogens (tertiary/aromatic N) is 4. The van der Waals surface area contributed by atoms with E-state index in [-0.39, 0.29) is 6.04 Å². The minimum absolute atomic E-state index is 0.200. The van der Waals surface area contributed by atoms with Crippen molar-refractivity contribution in [3.05, 3.63) is 71.7 Å². The summed E-state index contributed by atoms with van der Waals surface area (Å²) >= 11 is 0. The van der Waals surface area contributed by atoms with Gasteiger partial charge in [0.05, 0.1) is 31.5 Å². The van der Waals surface area contributed by atoms with Crippen molar-refractivity contribution in [2.24, 2.45) is 0 Å². The first-order chi connectivity index (χ1) is 12.3. The molecular weight excluding hydrogens is 316 g/mol. The minimum atomic E-state index is 0.200. The third-order valence-electron chi connectivity index (χ3n) is 4.43. The molecule has 6 heteroatoms. The van der Waals surface area contributed by atoms with Crippen LogP contribution < -0.4 is 0 Å². The van der Waals surface area contributed by atoms with E-state index in [4.69, 9.17) is 9.15 Å². The number of fused-ring (bicyclic) bond motifs is 1. The summed E-state index contributed by atoms with van der Waals surface area (Å²) in [5.41, 5.74) is 2.30. The van der Waals surface area contributed by atoms with Gasteiger partial charge < -0.3 is 9.15 Å². The standard InChI is InChI=1S/C19H22N4O2/c1-15-4-5-19(25-15)12-22-10-17-6-8-21-23(17)18(11-22)14-24-13-16-3-2-7-20-9-16/h2-9,18H,10-14H2,1H3/t18-/m1/s1. The number of aromatic nitrogens is 3. The van der Waals surface area contributed by atoms with Crippen molar-refractivity contribution in [1.82, 2.24) is 19.7 Å². The summed E-state index contributed by atoms with van der Waals surface area (Å²) in [7, 11) is 0. The number of ether oxygens (including phenoxy) is 1. The van der Waals surface area contributed by atoms with Gasteiger partial charge in [-0.3, -0.25) is 14.6 Å². The van der Waals surface area contributed by atoms with Gasteiger partial charge in [0.1, 0.15) is 11.5 Å². The summed E-state index contributed by atoms with van der Waals surface area (Å²) in [6.45, 7) is 5.73. The van der Waals surface area contributed by atoms with Crippen LogP contribution in [0, 0.1) is 6.92 Å². The molecule has 0 spiro atoms. The Hall–Kier alpha value is -2.44. The number of rotatable bonds is 6. The number of pyridine rings is 1. The highest BCUT2D eigenvalue weighted by atomic mass is 16.5. The van der Waals surface area contributed by atoms with Crippen LogP contribution in [0.4, 0.5) is 0 Å². The summed E-state index contributed by atoms with van der Waals surface area (Å²) in [4.78, 5) is 6.50. The highest BCUT2D eigenvalue weighted by Gasteiger charge is 2.26. The average Bonchev–Trinajstić information content (AvgIpc) is 3.25. The zero-order chi connectivity index (χ0) is 17.1. The Morgan fingerprint density at radius 2 is 2.20 bits per heavy atom. The molecule has 0 saturated heterocycles. The van der Waals surface area contributed by atoms with Gasteiger partial charge in [0.15, 0.2) is 0 Å². The van der Waals surface area contributed by atoms with Crippen molar-refractivity contribution >= 4 is 0 Å². The maximum absolute atomic E-state index is 5.94. The summed E-state index contributed by atoms with van der Waals surface area (Å²) in [6.07, 6.45) is 5.48. The first-order valence-electron chi connectivity index (χ1n) is 8.54. The normalized spacial score (nSPS) is 17.6. The van der Waals surface area contributed by atoms with Crippen LogP contribution in [0.2, 0.25) is 0 Å². The SMILES string of the molecule is Cc1ccc(CN2Cc3ccnn3[C@@H](COCc3cccnc3)C2)o1. The first kappa shape index (κ1) is 16.1. The van der Waals surface area contributed by atoms with E-state index < -0.39 is 0 Å². The Bertz CT molecular complexity index is 812. The van der Waals surface area contributed by atoms with Gasteiger partial charge in [0, 0.05) is 31.7 Å². The Morgan fingerprint density at radius 1 is 1.24 bits per heavy atom. The minimum Gasteiger partial charge on any atom is -0.465 e. The van der Waals surface area contributed by atoms with Crippen LogP contribution in [0.25, 0.3) is 0 Å². The molecule has 130 valence electrons. The predicted molar refractivity (Wildman–Crippen MR) is 92.7 cm³/mol. The molecule has 0 bridgehead atoms. The van der Waals surface area contributed by atoms with Gasteiger partial charge in [-0.2, -0.15) is 5.10 Å². The molecule has 3 aromatic heterocycles. The van der Waals surface area contributed by atoms with E-state index >= 15 is 0 Å². The van der Waals surface area contributed by atoms with Crippen molar-refractivity contribution in [3.63, 3.8) is 0 Å². The molecule has 4 rings (SSSR count). The van der Waals surface area contributed by atoms with Crippen LogP contribution in [0.3, 0.4) is 0 Å². The smallest absolute Gasteiger partial charge is 0.118 e. The van der Waals surface area contributed by atoms with Gasteiger partial charge in [0.25, 0.3) is 0 Å². The third-order valence-corrected chi connectivity index (χ3v) is 4.43. The second kappa shape index (κ2) is 7.21. The van der Waals surface area contributed by atoms with E-state index in [0.29, 0.717) is 13.2 Å².